The van der Waals surface area contributed by atoms with Crippen molar-refractivity contribution in [2.75, 3.05) is 10.6 Å². The van der Waals surface area contributed by atoms with Crippen LogP contribution in [0, 0.1) is 0 Å². The fourth-order valence-electron chi connectivity index (χ4n) is 3.68. The first kappa shape index (κ1) is 21.0. The molecule has 3 amide bonds. The van der Waals surface area contributed by atoms with Crippen molar-refractivity contribution in [2.45, 2.75) is 19.4 Å². The van der Waals surface area contributed by atoms with E-state index in [4.69, 9.17) is 0 Å². The molecule has 0 spiro atoms. The van der Waals surface area contributed by atoms with Gasteiger partial charge in [-0.05, 0) is 47.5 Å². The van der Waals surface area contributed by atoms with Gasteiger partial charge in [-0.25, -0.2) is 0 Å². The molecule has 0 bridgehead atoms. The van der Waals surface area contributed by atoms with E-state index in [2.05, 4.69) is 15.6 Å². The van der Waals surface area contributed by atoms with Crippen LogP contribution in [0.25, 0.3) is 6.08 Å². The van der Waals surface area contributed by atoms with Crippen LogP contribution >= 0.6 is 0 Å². The molecule has 0 aliphatic carbocycles. The van der Waals surface area contributed by atoms with Gasteiger partial charge in [-0.15, -0.1) is 0 Å². The highest BCUT2D eigenvalue weighted by Crippen LogP contribution is 2.33. The van der Waals surface area contributed by atoms with Gasteiger partial charge in [0.15, 0.2) is 0 Å². The number of anilines is 2. The number of fused-ring (bicyclic) bond motifs is 1. The molecule has 0 radical (unpaired) electrons. The van der Waals surface area contributed by atoms with Gasteiger partial charge in [0.1, 0.15) is 0 Å². The van der Waals surface area contributed by atoms with Gasteiger partial charge < -0.3 is 15.5 Å². The van der Waals surface area contributed by atoms with E-state index in [1.54, 1.807) is 53.7 Å². The predicted molar refractivity (Wildman–Crippen MR) is 123 cm³/mol. The van der Waals surface area contributed by atoms with Gasteiger partial charge in [-0.3, -0.25) is 19.4 Å². The summed E-state index contributed by atoms with van der Waals surface area (Å²) < 4.78 is 0. The lowest BCUT2D eigenvalue weighted by atomic mass is 9.93. The summed E-state index contributed by atoms with van der Waals surface area (Å²) >= 11 is 0. The minimum Gasteiger partial charge on any atom is -0.326 e. The summed E-state index contributed by atoms with van der Waals surface area (Å²) in [6, 6.07) is 17.6. The molecule has 1 unspecified atom stereocenters. The fraction of sp³-hybridized carbons (Fsp3) is 0.120. The standard InChI is InChI=1S/C25H22N4O3/c1-17(30)29-13-11-18-6-2-3-10-22(18)23(29)15-24(31)27-20-8-4-9-21(14-20)28-25(32)19-7-5-12-26-16-19/h2-14,16,23H,15H2,1H3,(H,27,31)(H,28,32). The zero-order valence-electron chi connectivity index (χ0n) is 17.5. The Morgan fingerprint density at radius 3 is 2.50 bits per heavy atom. The molecule has 7 heteroatoms. The Morgan fingerprint density at radius 2 is 1.75 bits per heavy atom. The number of nitrogens with one attached hydrogen (secondary N) is 2. The Labute approximate surface area is 185 Å². The van der Waals surface area contributed by atoms with E-state index < -0.39 is 0 Å². The zero-order valence-corrected chi connectivity index (χ0v) is 17.5. The first-order valence-electron chi connectivity index (χ1n) is 10.2. The van der Waals surface area contributed by atoms with Crippen molar-refractivity contribution in [3.8, 4) is 0 Å². The van der Waals surface area contributed by atoms with Gasteiger partial charge in [-0.2, -0.15) is 0 Å². The third kappa shape index (κ3) is 4.73. The van der Waals surface area contributed by atoms with Gasteiger partial charge in [0.25, 0.3) is 5.91 Å². The van der Waals surface area contributed by atoms with Gasteiger partial charge >= 0.3 is 0 Å². The van der Waals surface area contributed by atoms with Gasteiger partial charge in [0.2, 0.25) is 11.8 Å². The van der Waals surface area contributed by atoms with Crippen LogP contribution in [0.1, 0.15) is 40.9 Å². The molecule has 0 saturated carbocycles. The number of nitrogens with zero attached hydrogens (tertiary/aromatic N) is 2. The first-order valence-corrected chi connectivity index (χ1v) is 10.2. The number of carbonyl (C=O) groups excluding carboxylic acids is 3. The Hall–Kier alpha value is -4.26. The Kier molecular flexibility index (Phi) is 6.07. The molecule has 7 nitrogen and oxygen atoms in total. The Bertz CT molecular complexity index is 1190. The number of hydrogen-bond acceptors (Lipinski definition) is 4. The number of aromatic nitrogens is 1. The number of carbonyl (C=O) groups is 3. The summed E-state index contributed by atoms with van der Waals surface area (Å²) in [4.78, 5) is 42.8. The Morgan fingerprint density at radius 1 is 0.969 bits per heavy atom. The molecule has 1 aliphatic rings. The highest BCUT2D eigenvalue weighted by molar-refractivity contribution is 6.04. The monoisotopic (exact) mass is 426 g/mol. The van der Waals surface area contributed by atoms with E-state index in [0.717, 1.165) is 11.1 Å². The zero-order chi connectivity index (χ0) is 22.5. The van der Waals surface area contributed by atoms with Crippen molar-refractivity contribution in [2.24, 2.45) is 0 Å². The average molecular weight is 426 g/mol. The molecule has 2 heterocycles. The maximum atomic E-state index is 12.8. The largest absolute Gasteiger partial charge is 0.326 e. The van der Waals surface area contributed by atoms with Crippen LogP contribution in [-0.4, -0.2) is 27.6 Å². The predicted octanol–water partition coefficient (Wildman–Crippen LogP) is 4.24. The molecule has 3 aromatic rings. The molecule has 1 aromatic heterocycles. The van der Waals surface area contributed by atoms with E-state index >= 15 is 0 Å². The van der Waals surface area contributed by atoms with Crippen molar-refractivity contribution in [3.63, 3.8) is 0 Å². The lowest BCUT2D eigenvalue weighted by Crippen LogP contribution is -2.33. The maximum Gasteiger partial charge on any atom is 0.257 e. The van der Waals surface area contributed by atoms with Crippen LogP contribution in [0.2, 0.25) is 0 Å². The average Bonchev–Trinajstić information content (AvgIpc) is 2.80. The SMILES string of the molecule is CC(=O)N1C=Cc2ccccc2C1CC(=O)Nc1cccc(NC(=O)c2cccnc2)c1. The van der Waals surface area contributed by atoms with Crippen molar-refractivity contribution in [1.29, 1.82) is 0 Å². The van der Waals surface area contributed by atoms with Gasteiger partial charge in [0, 0.05) is 36.9 Å². The van der Waals surface area contributed by atoms with Gasteiger partial charge in [0.05, 0.1) is 18.0 Å². The summed E-state index contributed by atoms with van der Waals surface area (Å²) in [5.41, 5.74) is 3.46. The molecule has 0 fully saturated rings. The van der Waals surface area contributed by atoms with E-state index in [1.165, 1.54) is 13.1 Å². The van der Waals surface area contributed by atoms with Crippen molar-refractivity contribution < 1.29 is 14.4 Å². The summed E-state index contributed by atoms with van der Waals surface area (Å²) in [5, 5.41) is 5.66. The molecule has 1 aliphatic heterocycles. The fourth-order valence-corrected chi connectivity index (χ4v) is 3.68. The second-order valence-electron chi connectivity index (χ2n) is 7.42. The van der Waals surface area contributed by atoms with E-state index in [-0.39, 0.29) is 30.2 Å². The van der Waals surface area contributed by atoms with Crippen LogP contribution in [0.5, 0.6) is 0 Å². The lowest BCUT2D eigenvalue weighted by molar-refractivity contribution is -0.129. The quantitative estimate of drug-likeness (QED) is 0.639. The summed E-state index contributed by atoms with van der Waals surface area (Å²) in [6.07, 6.45) is 6.78. The van der Waals surface area contributed by atoms with E-state index in [0.29, 0.717) is 16.9 Å². The van der Waals surface area contributed by atoms with E-state index in [1.807, 2.05) is 30.3 Å². The number of hydrogen-bond donors (Lipinski definition) is 2. The molecule has 2 N–H and O–H groups in total. The number of amides is 3. The van der Waals surface area contributed by atoms with Crippen LogP contribution in [0.3, 0.4) is 0 Å². The molecule has 32 heavy (non-hydrogen) atoms. The van der Waals surface area contributed by atoms with Crippen molar-refractivity contribution in [1.82, 2.24) is 9.88 Å². The summed E-state index contributed by atoms with van der Waals surface area (Å²) in [5.74, 6) is -0.653. The van der Waals surface area contributed by atoms with Crippen LogP contribution in [0.4, 0.5) is 11.4 Å². The van der Waals surface area contributed by atoms with Crippen molar-refractivity contribution >= 4 is 35.2 Å². The second-order valence-corrected chi connectivity index (χ2v) is 7.42. The first-order chi connectivity index (χ1) is 15.5. The molecule has 160 valence electrons. The van der Waals surface area contributed by atoms with Crippen LogP contribution in [0.15, 0.2) is 79.3 Å². The third-order valence-electron chi connectivity index (χ3n) is 5.18. The summed E-state index contributed by atoms with van der Waals surface area (Å²) in [6.45, 7) is 1.48. The number of pyridine rings is 1. The molecular formula is C25H22N4O3. The number of benzene rings is 2. The maximum absolute atomic E-state index is 12.8. The third-order valence-corrected chi connectivity index (χ3v) is 5.18. The smallest absolute Gasteiger partial charge is 0.257 e. The summed E-state index contributed by atoms with van der Waals surface area (Å²) in [7, 11) is 0. The second kappa shape index (κ2) is 9.26. The molecule has 4 rings (SSSR count). The molecular weight excluding hydrogens is 404 g/mol. The van der Waals surface area contributed by atoms with E-state index in [9.17, 15) is 14.4 Å². The topological polar surface area (TPSA) is 91.4 Å². The molecule has 2 aromatic carbocycles. The number of rotatable bonds is 5. The van der Waals surface area contributed by atoms with Crippen molar-refractivity contribution in [3.05, 3.63) is 95.9 Å². The molecule has 1 atom stereocenters. The minimum absolute atomic E-state index is 0.104. The molecule has 0 saturated heterocycles. The highest BCUT2D eigenvalue weighted by atomic mass is 16.2. The lowest BCUT2D eigenvalue weighted by Gasteiger charge is -2.32. The normalized spacial score (nSPS) is 14.4. The van der Waals surface area contributed by atoms with Gasteiger partial charge in [-0.1, -0.05) is 30.3 Å². The van der Waals surface area contributed by atoms with Crippen LogP contribution in [-0.2, 0) is 9.59 Å². The minimum atomic E-state index is -0.387. The highest BCUT2D eigenvalue weighted by Gasteiger charge is 2.28. The van der Waals surface area contributed by atoms with Crippen LogP contribution < -0.4 is 10.6 Å². The Balaban J connectivity index is 1.46.